The number of rotatable bonds is 3. The van der Waals surface area contributed by atoms with E-state index in [1.165, 1.54) is 0 Å². The maximum atomic E-state index is 3.90. The Morgan fingerprint density at radius 2 is 2.71 bits per heavy atom. The van der Waals surface area contributed by atoms with Gasteiger partial charge in [-0.05, 0) is 7.05 Å². The zero-order chi connectivity index (χ0) is 5.54. The minimum absolute atomic E-state index is 0.697. The Hall–Kier alpha value is -0.150. The lowest BCUT2D eigenvalue weighted by Crippen LogP contribution is -2.03. The zero-order valence-electron chi connectivity index (χ0n) is 4.39. The molecule has 0 amide bonds. The van der Waals surface area contributed by atoms with Gasteiger partial charge in [-0.1, -0.05) is 5.87 Å². The first-order valence-corrected chi connectivity index (χ1v) is 3.15. The normalized spacial score (nSPS) is 10.4. The third-order valence-electron chi connectivity index (χ3n) is 0.413. The predicted molar refractivity (Wildman–Crippen MR) is 38.5 cm³/mol. The molecule has 0 radical (unpaired) electrons. The van der Waals surface area contributed by atoms with Crippen LogP contribution in [0.2, 0.25) is 0 Å². The van der Waals surface area contributed by atoms with E-state index in [1.54, 1.807) is 5.55 Å². The maximum Gasteiger partial charge on any atom is 0.0887 e. The Bertz CT molecular complexity index is 70.1. The van der Waals surface area contributed by atoms with Gasteiger partial charge in [-0.15, -0.1) is 0 Å². The van der Waals surface area contributed by atoms with Gasteiger partial charge in [0.05, 0.1) is 6.67 Å². The highest BCUT2D eigenvalue weighted by atomic mass is 32.1. The first-order chi connectivity index (χ1) is 3.41. The number of aliphatic imine (C=N–C) groups is 1. The molecule has 0 saturated heterocycles. The van der Waals surface area contributed by atoms with Crippen LogP contribution < -0.4 is 5.32 Å². The van der Waals surface area contributed by atoms with E-state index in [-0.39, 0.29) is 0 Å². The Kier molecular flexibility index (Phi) is 5.72. The summed E-state index contributed by atoms with van der Waals surface area (Å²) in [5.74, 6) is 3.55. The molecule has 0 heterocycles. The van der Waals surface area contributed by atoms with Crippen molar-refractivity contribution in [3.63, 3.8) is 0 Å². The average Bonchev–Trinajstić information content (AvgIpc) is 1.69. The van der Waals surface area contributed by atoms with Gasteiger partial charge in [-0.2, -0.15) is 11.4 Å². The van der Waals surface area contributed by atoms with Gasteiger partial charge in [0.1, 0.15) is 0 Å². The first kappa shape index (κ1) is 6.85. The number of hydrogen-bond acceptors (Lipinski definition) is 2. The van der Waals surface area contributed by atoms with Crippen LogP contribution in [-0.4, -0.2) is 25.1 Å². The Morgan fingerprint density at radius 3 is 3.14 bits per heavy atom. The predicted octanol–water partition coefficient (Wildman–Crippen LogP) is 0.0891. The standard InChI is InChI=1S/C4H10N2S/c1-5-3-6-4-7-2/h4-5,7H,2-3H2,1H3. The van der Waals surface area contributed by atoms with E-state index >= 15 is 0 Å². The third-order valence-corrected chi connectivity index (χ3v) is 0.739. The van der Waals surface area contributed by atoms with Gasteiger partial charge in [-0.25, -0.2) is 0 Å². The molecule has 0 aliphatic heterocycles. The molecule has 0 aromatic carbocycles. The van der Waals surface area contributed by atoms with Gasteiger partial charge >= 0.3 is 0 Å². The van der Waals surface area contributed by atoms with E-state index in [0.717, 1.165) is 11.4 Å². The van der Waals surface area contributed by atoms with Gasteiger partial charge in [0.15, 0.2) is 0 Å². The fraction of sp³-hybridized carbons (Fsp3) is 0.500. The fourth-order valence-electron chi connectivity index (χ4n) is 0.190. The second kappa shape index (κ2) is 5.85. The van der Waals surface area contributed by atoms with Crippen LogP contribution in [0.15, 0.2) is 4.99 Å². The average molecular weight is 118 g/mol. The molecule has 0 aliphatic rings. The van der Waals surface area contributed by atoms with Crippen molar-refractivity contribution < 1.29 is 0 Å². The largest absolute Gasteiger partial charge is 0.301 e. The summed E-state index contributed by atoms with van der Waals surface area (Å²) in [5.41, 5.74) is 1.76. The summed E-state index contributed by atoms with van der Waals surface area (Å²) in [6.45, 7) is 0.697. The van der Waals surface area contributed by atoms with Crippen LogP contribution in [0.5, 0.6) is 0 Å². The summed E-state index contributed by atoms with van der Waals surface area (Å²) < 4.78 is 0. The molecular formula is C4H10N2S. The summed E-state index contributed by atoms with van der Waals surface area (Å²) in [6, 6.07) is 0. The van der Waals surface area contributed by atoms with E-state index in [0.29, 0.717) is 6.67 Å². The Morgan fingerprint density at radius 1 is 2.00 bits per heavy atom. The minimum Gasteiger partial charge on any atom is -0.301 e. The lowest BCUT2D eigenvalue weighted by molar-refractivity contribution is 0.839. The van der Waals surface area contributed by atoms with Crippen molar-refractivity contribution in [1.29, 1.82) is 0 Å². The lowest BCUT2D eigenvalue weighted by Gasteiger charge is -1.83. The smallest absolute Gasteiger partial charge is 0.0887 e. The van der Waals surface area contributed by atoms with Crippen LogP contribution in [0, 0.1) is 0 Å². The molecule has 1 N–H and O–H groups in total. The molecule has 3 heteroatoms. The molecule has 2 nitrogen and oxygen atoms in total. The molecule has 0 aromatic rings. The molecule has 7 heavy (non-hydrogen) atoms. The summed E-state index contributed by atoms with van der Waals surface area (Å²) in [5, 5.41) is 2.87. The fourth-order valence-corrected chi connectivity index (χ4v) is 0.387. The Labute approximate surface area is 47.6 Å². The van der Waals surface area contributed by atoms with Crippen LogP contribution >= 0.6 is 11.4 Å². The lowest BCUT2D eigenvalue weighted by atomic mass is 11.1. The van der Waals surface area contributed by atoms with Crippen molar-refractivity contribution in [2.24, 2.45) is 4.99 Å². The molecule has 0 aromatic heterocycles. The zero-order valence-corrected chi connectivity index (χ0v) is 5.28. The summed E-state index contributed by atoms with van der Waals surface area (Å²) in [6.07, 6.45) is 0. The molecule has 0 unspecified atom stereocenters. The van der Waals surface area contributed by atoms with Crippen LogP contribution in [0.3, 0.4) is 0 Å². The van der Waals surface area contributed by atoms with Gasteiger partial charge in [0, 0.05) is 5.55 Å². The maximum absolute atomic E-state index is 3.90. The highest BCUT2D eigenvalue weighted by Gasteiger charge is 1.62. The molecule has 0 atom stereocenters. The quantitative estimate of drug-likeness (QED) is 0.233. The molecule has 0 spiro atoms. The molecule has 42 valence electrons. The minimum atomic E-state index is 0.697. The Balaban J connectivity index is 2.92. The number of thiol groups is 1. The van der Waals surface area contributed by atoms with E-state index < -0.39 is 0 Å². The molecule has 0 rings (SSSR count). The van der Waals surface area contributed by atoms with Crippen molar-refractivity contribution in [1.82, 2.24) is 5.32 Å². The number of nitrogens with one attached hydrogen (secondary N) is 1. The van der Waals surface area contributed by atoms with Crippen LogP contribution in [0.1, 0.15) is 0 Å². The van der Waals surface area contributed by atoms with Gasteiger partial charge in [-0.3, -0.25) is 4.99 Å². The highest BCUT2D eigenvalue weighted by molar-refractivity contribution is 8.09. The van der Waals surface area contributed by atoms with E-state index in [2.05, 4.69) is 16.2 Å². The van der Waals surface area contributed by atoms with E-state index in [4.69, 9.17) is 0 Å². The molecular weight excluding hydrogens is 108 g/mol. The molecule has 0 saturated carbocycles. The monoisotopic (exact) mass is 118 g/mol. The van der Waals surface area contributed by atoms with Crippen LogP contribution in [0.25, 0.3) is 0 Å². The molecule has 0 bridgehead atoms. The van der Waals surface area contributed by atoms with Gasteiger partial charge in [0.2, 0.25) is 0 Å². The van der Waals surface area contributed by atoms with E-state index in [9.17, 15) is 0 Å². The third kappa shape index (κ3) is 5.85. The summed E-state index contributed by atoms with van der Waals surface area (Å²) >= 11 is 0.973. The summed E-state index contributed by atoms with van der Waals surface area (Å²) in [7, 11) is 1.86. The topological polar surface area (TPSA) is 24.4 Å². The van der Waals surface area contributed by atoms with Crippen LogP contribution in [0.4, 0.5) is 0 Å². The summed E-state index contributed by atoms with van der Waals surface area (Å²) in [4.78, 5) is 3.90. The van der Waals surface area contributed by atoms with Crippen LogP contribution in [-0.2, 0) is 0 Å². The van der Waals surface area contributed by atoms with Gasteiger partial charge < -0.3 is 5.32 Å². The second-order valence-corrected chi connectivity index (χ2v) is 1.59. The second-order valence-electron chi connectivity index (χ2n) is 0.992. The van der Waals surface area contributed by atoms with Crippen molar-refractivity contribution in [2.75, 3.05) is 13.7 Å². The first-order valence-electron chi connectivity index (χ1n) is 2.00. The molecule has 0 fully saturated rings. The van der Waals surface area contributed by atoms with Gasteiger partial charge in [0.25, 0.3) is 0 Å². The highest BCUT2D eigenvalue weighted by Crippen LogP contribution is 1.68. The van der Waals surface area contributed by atoms with Crippen molar-refractivity contribution >= 4 is 22.8 Å². The number of nitrogens with zero attached hydrogens (tertiary/aromatic N) is 1. The van der Waals surface area contributed by atoms with E-state index in [1.807, 2.05) is 7.05 Å². The molecule has 0 aliphatic carbocycles. The van der Waals surface area contributed by atoms with Crippen molar-refractivity contribution in [3.05, 3.63) is 0 Å². The van der Waals surface area contributed by atoms with Crippen molar-refractivity contribution in [3.8, 4) is 0 Å². The SMILES string of the molecule is C=[SH]C=NCNC. The number of hydrogen-bond donors (Lipinski definition) is 2. The van der Waals surface area contributed by atoms with Crippen molar-refractivity contribution in [2.45, 2.75) is 0 Å².